The van der Waals surface area contributed by atoms with E-state index in [1.54, 1.807) is 0 Å². The Morgan fingerprint density at radius 2 is 0.836 bits per heavy atom. The summed E-state index contributed by atoms with van der Waals surface area (Å²) in [6, 6.07) is 56.2. The lowest BCUT2D eigenvalue weighted by Gasteiger charge is -2.23. The number of aromatic nitrogens is 6. The fourth-order valence-electron chi connectivity index (χ4n) is 9.23. The summed E-state index contributed by atoms with van der Waals surface area (Å²) in [7, 11) is 0. The Balaban J connectivity index is 1.35. The van der Waals surface area contributed by atoms with Gasteiger partial charge in [0.05, 0.1) is 44.4 Å². The predicted octanol–water partition coefficient (Wildman–Crippen LogP) is 13.3. The lowest BCUT2D eigenvalue weighted by molar-refractivity contribution is 0.497. The van der Waals surface area contributed by atoms with Crippen LogP contribution in [-0.2, 0) is 10.8 Å². The van der Waals surface area contributed by atoms with Crippen LogP contribution >= 0.6 is 0 Å². The van der Waals surface area contributed by atoms with Gasteiger partial charge in [0.2, 0.25) is 0 Å². The molecule has 0 aliphatic heterocycles. The van der Waals surface area contributed by atoms with Gasteiger partial charge in [0.1, 0.15) is 17.7 Å². The maximum Gasteiger partial charge on any atom is 0.163 e. The van der Waals surface area contributed by atoms with Crippen molar-refractivity contribution in [2.75, 3.05) is 0 Å². The van der Waals surface area contributed by atoms with Crippen LogP contribution in [-0.4, -0.2) is 28.7 Å². The van der Waals surface area contributed by atoms with E-state index in [1.807, 2.05) is 6.07 Å². The van der Waals surface area contributed by atoms with E-state index < -0.39 is 0 Å². The molecule has 0 bridgehead atoms. The molecule has 0 spiro atoms. The molecular weight excluding hydrogens is 747 g/mol. The van der Waals surface area contributed by atoms with Gasteiger partial charge in [-0.2, -0.15) is 5.26 Å². The number of benzene rings is 7. The third-order valence-electron chi connectivity index (χ3n) is 12.0. The average molecular weight is 790 g/mol. The Labute approximate surface area is 353 Å². The molecule has 11 aromatic rings. The van der Waals surface area contributed by atoms with E-state index >= 15 is 0 Å². The van der Waals surface area contributed by atoms with Crippen molar-refractivity contribution in [1.29, 1.82) is 5.26 Å². The van der Waals surface area contributed by atoms with Crippen LogP contribution in [0.15, 0.2) is 152 Å². The lowest BCUT2D eigenvalue weighted by Crippen LogP contribution is -2.24. The van der Waals surface area contributed by atoms with Crippen LogP contribution in [0.2, 0.25) is 0 Å². The number of nitrogens with zero attached hydrogens (tertiary/aromatic N) is 7. The Morgan fingerprint density at radius 1 is 0.443 bits per heavy atom. The number of para-hydroxylation sites is 5. The van der Waals surface area contributed by atoms with Crippen LogP contribution in [0.25, 0.3) is 93.9 Å². The molecule has 0 amide bonds. The van der Waals surface area contributed by atoms with Gasteiger partial charge in [-0.1, -0.05) is 133 Å². The van der Waals surface area contributed by atoms with Crippen LogP contribution in [0.5, 0.6) is 0 Å². The first-order valence-electron chi connectivity index (χ1n) is 20.9. The number of hydrogen-bond acceptors (Lipinski definition) is 4. The molecule has 0 aliphatic carbocycles. The summed E-state index contributed by atoms with van der Waals surface area (Å²) in [5, 5.41) is 18.0. The molecule has 7 heteroatoms. The summed E-state index contributed by atoms with van der Waals surface area (Å²) in [6.07, 6.45) is 0. The normalized spacial score (nSPS) is 12.4. The van der Waals surface area contributed by atoms with Crippen molar-refractivity contribution in [3.05, 3.63) is 169 Å². The van der Waals surface area contributed by atoms with Gasteiger partial charge in [-0.3, -0.25) is 0 Å². The summed E-state index contributed by atoms with van der Waals surface area (Å²) in [4.78, 5) is 14.9. The zero-order valence-electron chi connectivity index (χ0n) is 35.1. The zero-order valence-corrected chi connectivity index (χ0v) is 35.1. The monoisotopic (exact) mass is 789 g/mol. The zero-order chi connectivity index (χ0) is 41.8. The van der Waals surface area contributed by atoms with Crippen LogP contribution in [0.3, 0.4) is 0 Å². The van der Waals surface area contributed by atoms with E-state index in [0.29, 0.717) is 11.4 Å². The molecule has 0 unspecified atom stereocenters. The minimum absolute atomic E-state index is 0.295. The largest absolute Gasteiger partial charge is 0.308 e. The van der Waals surface area contributed by atoms with E-state index in [-0.39, 0.29) is 10.8 Å². The highest BCUT2D eigenvalue weighted by molar-refractivity contribution is 6.40. The second-order valence-corrected chi connectivity index (χ2v) is 18.0. The smallest absolute Gasteiger partial charge is 0.163 e. The van der Waals surface area contributed by atoms with Crippen LogP contribution < -0.4 is 0 Å². The van der Waals surface area contributed by atoms with Crippen LogP contribution in [0.1, 0.15) is 58.8 Å². The van der Waals surface area contributed by atoms with Crippen molar-refractivity contribution < 1.29 is 0 Å². The second-order valence-electron chi connectivity index (χ2n) is 18.0. The van der Waals surface area contributed by atoms with E-state index in [9.17, 15) is 5.26 Å². The highest BCUT2D eigenvalue weighted by Gasteiger charge is 2.30. The topological polar surface area (TPSA) is 77.2 Å². The molecule has 61 heavy (non-hydrogen) atoms. The molecule has 7 nitrogen and oxygen atoms in total. The average Bonchev–Trinajstić information content (AvgIpc) is 3.92. The van der Waals surface area contributed by atoms with Crippen molar-refractivity contribution in [1.82, 2.24) is 28.7 Å². The Kier molecular flexibility index (Phi) is 7.92. The second kappa shape index (κ2) is 13.2. The Morgan fingerprint density at radius 3 is 1.26 bits per heavy atom. The quantitative estimate of drug-likeness (QED) is 0.178. The summed E-state index contributed by atoms with van der Waals surface area (Å²) >= 11 is 0. The summed E-state index contributed by atoms with van der Waals surface area (Å²) in [5.41, 5.74) is 10.2. The van der Waals surface area contributed by atoms with Crippen molar-refractivity contribution in [3.63, 3.8) is 0 Å². The third-order valence-corrected chi connectivity index (χ3v) is 12.0. The molecule has 0 radical (unpaired) electrons. The molecular formula is C54H43N7. The van der Waals surface area contributed by atoms with E-state index in [1.165, 1.54) is 10.8 Å². The Hall–Kier alpha value is -7.56. The van der Waals surface area contributed by atoms with Crippen LogP contribution in [0.4, 0.5) is 0 Å². The van der Waals surface area contributed by atoms with Crippen molar-refractivity contribution >= 4 is 65.4 Å². The number of fused-ring (bicyclic) bond motifs is 12. The summed E-state index contributed by atoms with van der Waals surface area (Å²) in [5.74, 6) is 2.02. The first-order valence-corrected chi connectivity index (χ1v) is 20.9. The van der Waals surface area contributed by atoms with Gasteiger partial charge in [-0.25, -0.2) is 15.0 Å². The van der Waals surface area contributed by atoms with E-state index in [4.69, 9.17) is 15.0 Å². The third kappa shape index (κ3) is 5.45. The van der Waals surface area contributed by atoms with Gasteiger partial charge < -0.3 is 13.7 Å². The standard InChI is InChI=1S/C54H43N7/c1-53(2,3)51-56-50(57-52(58-51)54(4,5)6)33-29-30-40(34(31-33)32-55)61-43-28-18-15-25-39(43)46-48-44(37-23-13-16-26-41(37)59(48)35-19-9-7-10-20-35)47-45(49(46)61)38-24-14-17-27-42(38)60(47)36-21-11-8-12-22-36/h7-31H,1-6H3. The predicted molar refractivity (Wildman–Crippen MR) is 250 cm³/mol. The van der Waals surface area contributed by atoms with Crippen LogP contribution in [0, 0.1) is 11.3 Å². The summed E-state index contributed by atoms with van der Waals surface area (Å²) < 4.78 is 7.20. The van der Waals surface area contributed by atoms with Crippen molar-refractivity contribution in [3.8, 4) is 34.5 Å². The lowest BCUT2D eigenvalue weighted by atomic mass is 9.93. The molecule has 0 saturated carbocycles. The Bertz CT molecular complexity index is 3500. The molecule has 0 aliphatic rings. The SMILES string of the molecule is CC(C)(C)c1nc(-c2ccc(-n3c4ccccc4c4c5c(c6ccccc6n5-c5ccccc5)c5c(c6ccccc6n5-c5ccccc5)c43)c(C#N)c2)nc(C(C)(C)C)n1. The van der Waals surface area contributed by atoms with Gasteiger partial charge in [0.15, 0.2) is 5.82 Å². The van der Waals surface area contributed by atoms with E-state index in [0.717, 1.165) is 88.9 Å². The number of rotatable bonds is 4. The highest BCUT2D eigenvalue weighted by Crippen LogP contribution is 2.50. The first kappa shape index (κ1) is 36.5. The van der Waals surface area contributed by atoms with Gasteiger partial charge in [-0.05, 0) is 60.7 Å². The summed E-state index contributed by atoms with van der Waals surface area (Å²) in [6.45, 7) is 12.7. The van der Waals surface area contributed by atoms with Crippen molar-refractivity contribution in [2.45, 2.75) is 52.4 Å². The molecule has 7 aromatic carbocycles. The molecule has 4 heterocycles. The fourth-order valence-corrected chi connectivity index (χ4v) is 9.23. The molecule has 294 valence electrons. The van der Waals surface area contributed by atoms with Gasteiger partial charge in [0, 0.05) is 60.1 Å². The first-order chi connectivity index (χ1) is 29.5. The molecule has 11 rings (SSSR count). The van der Waals surface area contributed by atoms with Gasteiger partial charge in [0.25, 0.3) is 0 Å². The van der Waals surface area contributed by atoms with Gasteiger partial charge >= 0.3 is 0 Å². The van der Waals surface area contributed by atoms with Crippen molar-refractivity contribution in [2.24, 2.45) is 0 Å². The molecule has 0 atom stereocenters. The number of hydrogen-bond donors (Lipinski definition) is 0. The molecule has 0 N–H and O–H groups in total. The highest BCUT2D eigenvalue weighted by atomic mass is 15.1. The maximum absolute atomic E-state index is 11.2. The molecule has 4 aromatic heterocycles. The minimum atomic E-state index is -0.295. The van der Waals surface area contributed by atoms with Gasteiger partial charge in [-0.15, -0.1) is 0 Å². The molecule has 0 fully saturated rings. The van der Waals surface area contributed by atoms with E-state index in [2.05, 4.69) is 207 Å². The maximum atomic E-state index is 11.2. The fraction of sp³-hybridized carbons (Fsp3) is 0.148. The molecule has 0 saturated heterocycles. The number of nitriles is 1. The minimum Gasteiger partial charge on any atom is -0.308 e.